The van der Waals surface area contributed by atoms with Crippen LogP contribution < -0.4 is 25.0 Å². The van der Waals surface area contributed by atoms with Crippen LogP contribution in [0.3, 0.4) is 0 Å². The molecular weight excluding hydrogens is 338 g/mol. The number of thiocarbonyl (C=S) groups is 1. The fourth-order valence-electron chi connectivity index (χ4n) is 3.96. The Balaban J connectivity index is 1.59. The topological polar surface area (TPSA) is 64.1 Å². The lowest BCUT2D eigenvalue weighted by Gasteiger charge is -2.23. The zero-order valence-electron chi connectivity index (χ0n) is 14.9. The van der Waals surface area contributed by atoms with Crippen molar-refractivity contribution < 1.29 is 14.2 Å². The minimum absolute atomic E-state index is 0.495. The van der Waals surface area contributed by atoms with Crippen LogP contribution in [-0.4, -0.2) is 38.7 Å². The summed E-state index contributed by atoms with van der Waals surface area (Å²) < 4.78 is 16.0. The van der Waals surface area contributed by atoms with Crippen molar-refractivity contribution in [2.45, 2.75) is 31.7 Å². The summed E-state index contributed by atoms with van der Waals surface area (Å²) in [6.45, 7) is 0. The van der Waals surface area contributed by atoms with Gasteiger partial charge in [0.2, 0.25) is 5.75 Å². The molecule has 1 aromatic rings. The quantitative estimate of drug-likeness (QED) is 0.460. The molecule has 2 aliphatic rings. The molecule has 6 nitrogen and oxygen atoms in total. The number of rotatable bonds is 6. The molecule has 3 rings (SSSR count). The molecule has 0 radical (unpaired) electrons. The lowest BCUT2D eigenvalue weighted by molar-refractivity contribution is 0.324. The molecule has 0 aromatic heterocycles. The lowest BCUT2D eigenvalue weighted by Crippen LogP contribution is -2.42. The molecule has 2 saturated carbocycles. The van der Waals surface area contributed by atoms with Crippen molar-refractivity contribution in [2.24, 2.45) is 16.9 Å². The summed E-state index contributed by atoms with van der Waals surface area (Å²) >= 11 is 5.35. The smallest absolute Gasteiger partial charge is 0.203 e. The molecule has 0 unspecified atom stereocenters. The summed E-state index contributed by atoms with van der Waals surface area (Å²) in [6, 6.07) is 4.16. The van der Waals surface area contributed by atoms with Crippen molar-refractivity contribution >= 4 is 23.5 Å². The van der Waals surface area contributed by atoms with Gasteiger partial charge in [0.25, 0.3) is 0 Å². The number of nitrogens with zero attached hydrogens (tertiary/aromatic N) is 1. The molecule has 2 fully saturated rings. The Kier molecular flexibility index (Phi) is 5.63. The summed E-state index contributed by atoms with van der Waals surface area (Å²) in [7, 11) is 4.76. The first kappa shape index (κ1) is 17.8. The summed E-state index contributed by atoms with van der Waals surface area (Å²) in [4.78, 5) is 0. The second-order valence-corrected chi connectivity index (χ2v) is 6.99. The summed E-state index contributed by atoms with van der Waals surface area (Å²) in [5, 5.41) is 8.19. The van der Waals surface area contributed by atoms with Gasteiger partial charge in [0, 0.05) is 11.6 Å². The molecule has 136 valence electrons. The maximum atomic E-state index is 5.35. The zero-order valence-corrected chi connectivity index (χ0v) is 15.7. The number of ether oxygens (including phenoxy) is 3. The summed E-state index contributed by atoms with van der Waals surface area (Å²) in [5.74, 6) is 3.39. The Morgan fingerprint density at radius 1 is 1.12 bits per heavy atom. The van der Waals surface area contributed by atoms with Crippen LogP contribution in [0.15, 0.2) is 17.2 Å². The molecular formula is C18H25N3O3S. The molecule has 3 atom stereocenters. The van der Waals surface area contributed by atoms with Crippen LogP contribution >= 0.6 is 12.2 Å². The van der Waals surface area contributed by atoms with E-state index in [9.17, 15) is 0 Å². The first-order valence-electron chi connectivity index (χ1n) is 8.54. The monoisotopic (exact) mass is 363 g/mol. The van der Waals surface area contributed by atoms with E-state index in [2.05, 4.69) is 15.8 Å². The van der Waals surface area contributed by atoms with Gasteiger partial charge in [-0.1, -0.05) is 6.42 Å². The number of hydrogen-bond acceptors (Lipinski definition) is 5. The second-order valence-electron chi connectivity index (χ2n) is 6.58. The minimum atomic E-state index is 0.495. The van der Waals surface area contributed by atoms with Gasteiger partial charge in [0.05, 0.1) is 27.5 Å². The van der Waals surface area contributed by atoms with Crippen LogP contribution in [-0.2, 0) is 0 Å². The fraction of sp³-hybridized carbons (Fsp3) is 0.556. The summed E-state index contributed by atoms with van der Waals surface area (Å²) in [6.07, 6.45) is 6.94. The molecule has 0 heterocycles. The van der Waals surface area contributed by atoms with E-state index < -0.39 is 0 Å². The Morgan fingerprint density at radius 3 is 2.36 bits per heavy atom. The lowest BCUT2D eigenvalue weighted by atomic mass is 9.96. The third-order valence-electron chi connectivity index (χ3n) is 5.12. The standard InChI is InChI=1S/C18H25N3O3S/c1-22-15-8-12(9-16(23-2)17(15)24-3)10-19-21-18(25)20-14-7-11-4-5-13(14)6-11/h8-11,13-14H,4-7H2,1-3H3,(H2,20,21,25)/b19-10-/t11-,13-,14+/m1/s1. The molecule has 0 spiro atoms. The largest absolute Gasteiger partial charge is 0.493 e. The predicted molar refractivity (Wildman–Crippen MR) is 102 cm³/mol. The van der Waals surface area contributed by atoms with E-state index in [0.29, 0.717) is 28.4 Å². The molecule has 2 bridgehead atoms. The van der Waals surface area contributed by atoms with Gasteiger partial charge in [-0.2, -0.15) is 5.10 Å². The van der Waals surface area contributed by atoms with Crippen LogP contribution in [0.25, 0.3) is 0 Å². The highest BCUT2D eigenvalue weighted by molar-refractivity contribution is 7.80. The fourth-order valence-corrected chi connectivity index (χ4v) is 4.17. The van der Waals surface area contributed by atoms with E-state index in [1.807, 2.05) is 12.1 Å². The van der Waals surface area contributed by atoms with Gasteiger partial charge >= 0.3 is 0 Å². The number of hydrogen-bond donors (Lipinski definition) is 2. The average Bonchev–Trinajstić information content (AvgIpc) is 3.23. The number of methoxy groups -OCH3 is 3. The Bertz CT molecular complexity index is 640. The number of hydrazone groups is 1. The maximum absolute atomic E-state index is 5.35. The van der Waals surface area contributed by atoms with Crippen molar-refractivity contribution in [3.63, 3.8) is 0 Å². The van der Waals surface area contributed by atoms with Gasteiger partial charge in [-0.05, 0) is 55.4 Å². The predicted octanol–water partition coefficient (Wildman–Crippen LogP) is 2.70. The van der Waals surface area contributed by atoms with Crippen molar-refractivity contribution in [2.75, 3.05) is 21.3 Å². The second kappa shape index (κ2) is 7.91. The molecule has 0 aliphatic heterocycles. The van der Waals surface area contributed by atoms with Gasteiger partial charge in [0.1, 0.15) is 0 Å². The van der Waals surface area contributed by atoms with E-state index in [0.717, 1.165) is 17.4 Å². The molecule has 0 saturated heterocycles. The Labute approximate surface area is 153 Å². The van der Waals surface area contributed by atoms with Crippen LogP contribution in [0.4, 0.5) is 0 Å². The molecule has 1 aromatic carbocycles. The van der Waals surface area contributed by atoms with Crippen molar-refractivity contribution in [3.8, 4) is 17.2 Å². The SMILES string of the molecule is COc1cc(/C=N\NC(=S)N[C@H]2C[C@@H]3CC[C@@H]2C3)cc(OC)c1OC. The molecule has 25 heavy (non-hydrogen) atoms. The van der Waals surface area contributed by atoms with Crippen LogP contribution in [0.2, 0.25) is 0 Å². The highest BCUT2D eigenvalue weighted by Gasteiger charge is 2.39. The normalized spacial score (nSPS) is 24.4. The number of benzene rings is 1. The number of nitrogens with one attached hydrogen (secondary N) is 2. The zero-order chi connectivity index (χ0) is 17.8. The van der Waals surface area contributed by atoms with Crippen molar-refractivity contribution in [3.05, 3.63) is 17.7 Å². The van der Waals surface area contributed by atoms with E-state index in [4.69, 9.17) is 26.4 Å². The maximum Gasteiger partial charge on any atom is 0.203 e. The van der Waals surface area contributed by atoms with Crippen LogP contribution in [0.1, 0.15) is 31.2 Å². The van der Waals surface area contributed by atoms with Crippen LogP contribution in [0, 0.1) is 11.8 Å². The highest BCUT2D eigenvalue weighted by atomic mass is 32.1. The molecule has 7 heteroatoms. The van der Waals surface area contributed by atoms with Gasteiger partial charge in [-0.15, -0.1) is 0 Å². The first-order valence-corrected chi connectivity index (χ1v) is 8.95. The molecule has 2 N–H and O–H groups in total. The minimum Gasteiger partial charge on any atom is -0.493 e. The third kappa shape index (κ3) is 3.98. The highest BCUT2D eigenvalue weighted by Crippen LogP contribution is 2.44. The van der Waals surface area contributed by atoms with Gasteiger partial charge in [-0.3, -0.25) is 5.43 Å². The van der Waals surface area contributed by atoms with E-state index in [-0.39, 0.29) is 0 Å². The summed E-state index contributed by atoms with van der Waals surface area (Å²) in [5.41, 5.74) is 3.72. The van der Waals surface area contributed by atoms with Gasteiger partial charge in [-0.25, -0.2) is 0 Å². The third-order valence-corrected chi connectivity index (χ3v) is 5.33. The molecule has 0 amide bonds. The van der Waals surface area contributed by atoms with E-state index in [1.54, 1.807) is 27.5 Å². The Morgan fingerprint density at radius 2 is 1.84 bits per heavy atom. The van der Waals surface area contributed by atoms with Crippen LogP contribution in [0.5, 0.6) is 17.2 Å². The van der Waals surface area contributed by atoms with Gasteiger partial charge in [0.15, 0.2) is 16.6 Å². The van der Waals surface area contributed by atoms with E-state index in [1.165, 1.54) is 25.7 Å². The van der Waals surface area contributed by atoms with Gasteiger partial charge < -0.3 is 19.5 Å². The Hall–Kier alpha value is -2.02. The average molecular weight is 363 g/mol. The first-order chi connectivity index (χ1) is 12.1. The van der Waals surface area contributed by atoms with E-state index >= 15 is 0 Å². The molecule has 2 aliphatic carbocycles. The van der Waals surface area contributed by atoms with Crippen molar-refractivity contribution in [1.29, 1.82) is 0 Å². The van der Waals surface area contributed by atoms with Crippen molar-refractivity contribution in [1.82, 2.24) is 10.7 Å². The number of fused-ring (bicyclic) bond motifs is 2.